The van der Waals surface area contributed by atoms with E-state index < -0.39 is 0 Å². The first kappa shape index (κ1) is 12.3. The number of rotatable bonds is 2. The van der Waals surface area contributed by atoms with E-state index in [-0.39, 0.29) is 5.91 Å². The molecule has 0 unspecified atom stereocenters. The fourth-order valence-corrected chi connectivity index (χ4v) is 3.64. The molecular formula is C14H16N2O2S. The summed E-state index contributed by atoms with van der Waals surface area (Å²) in [6.45, 7) is 1.67. The second-order valence-corrected chi connectivity index (χ2v) is 5.73. The maximum absolute atomic E-state index is 12.5. The van der Waals surface area contributed by atoms with Crippen molar-refractivity contribution >= 4 is 33.0 Å². The monoisotopic (exact) mass is 276 g/mol. The van der Waals surface area contributed by atoms with E-state index in [1.165, 1.54) is 11.3 Å². The maximum atomic E-state index is 12.5. The first-order valence-electron chi connectivity index (χ1n) is 6.36. The number of hydrogen-bond acceptors (Lipinski definition) is 4. The van der Waals surface area contributed by atoms with Crippen molar-refractivity contribution in [3.8, 4) is 5.75 Å². The van der Waals surface area contributed by atoms with Crippen molar-refractivity contribution in [2.24, 2.45) is 0 Å². The molecule has 2 aromatic rings. The van der Waals surface area contributed by atoms with Gasteiger partial charge in [0.25, 0.3) is 5.91 Å². The minimum absolute atomic E-state index is 0.0539. The molecule has 2 heterocycles. The van der Waals surface area contributed by atoms with Crippen molar-refractivity contribution in [3.05, 3.63) is 23.1 Å². The highest BCUT2D eigenvalue weighted by atomic mass is 32.1. The van der Waals surface area contributed by atoms with Crippen molar-refractivity contribution in [1.29, 1.82) is 0 Å². The van der Waals surface area contributed by atoms with Gasteiger partial charge in [-0.2, -0.15) is 0 Å². The van der Waals surface area contributed by atoms with Gasteiger partial charge in [-0.05, 0) is 25.0 Å². The fourth-order valence-electron chi connectivity index (χ4n) is 2.53. The Morgan fingerprint density at radius 3 is 2.79 bits per heavy atom. The highest BCUT2D eigenvalue weighted by molar-refractivity contribution is 7.21. The van der Waals surface area contributed by atoms with Crippen LogP contribution in [-0.4, -0.2) is 31.0 Å². The summed E-state index contributed by atoms with van der Waals surface area (Å²) in [6, 6.07) is 5.76. The Hall–Kier alpha value is -1.75. The van der Waals surface area contributed by atoms with E-state index in [2.05, 4.69) is 0 Å². The number of carbonyl (C=O) groups is 1. The SMILES string of the molecule is COc1cccc2sc(C(=O)N3CCCC3)c(N)c12. The van der Waals surface area contributed by atoms with Gasteiger partial charge in [0.15, 0.2) is 0 Å². The zero-order valence-corrected chi connectivity index (χ0v) is 11.6. The molecule has 5 heteroatoms. The number of likely N-dealkylation sites (tertiary alicyclic amines) is 1. The lowest BCUT2D eigenvalue weighted by molar-refractivity contribution is 0.0798. The molecule has 0 atom stereocenters. The molecule has 100 valence electrons. The van der Waals surface area contributed by atoms with Crippen LogP contribution in [0.1, 0.15) is 22.5 Å². The Morgan fingerprint density at radius 2 is 2.11 bits per heavy atom. The number of nitrogen functional groups attached to an aromatic ring is 1. The number of thiophene rings is 1. The van der Waals surface area contributed by atoms with Gasteiger partial charge in [0, 0.05) is 17.8 Å². The molecule has 1 fully saturated rings. The highest BCUT2D eigenvalue weighted by Crippen LogP contribution is 2.40. The molecular weight excluding hydrogens is 260 g/mol. The summed E-state index contributed by atoms with van der Waals surface area (Å²) in [5.74, 6) is 0.782. The standard InChI is InChI=1S/C14H16N2O2S/c1-18-9-5-4-6-10-11(9)12(15)13(19-10)14(17)16-7-2-3-8-16/h4-6H,2-3,7-8,15H2,1H3. The molecule has 4 nitrogen and oxygen atoms in total. The zero-order valence-electron chi connectivity index (χ0n) is 10.8. The van der Waals surface area contributed by atoms with Crippen LogP contribution in [-0.2, 0) is 0 Å². The van der Waals surface area contributed by atoms with Crippen LogP contribution in [0.4, 0.5) is 5.69 Å². The van der Waals surface area contributed by atoms with Crippen molar-refractivity contribution in [1.82, 2.24) is 4.90 Å². The van der Waals surface area contributed by atoms with Gasteiger partial charge in [-0.25, -0.2) is 0 Å². The normalized spacial score (nSPS) is 15.1. The Morgan fingerprint density at radius 1 is 1.37 bits per heavy atom. The van der Waals surface area contributed by atoms with Gasteiger partial charge in [-0.3, -0.25) is 4.79 Å². The van der Waals surface area contributed by atoms with Gasteiger partial charge in [-0.1, -0.05) is 6.07 Å². The van der Waals surface area contributed by atoms with Crippen molar-refractivity contribution in [3.63, 3.8) is 0 Å². The van der Waals surface area contributed by atoms with Gasteiger partial charge < -0.3 is 15.4 Å². The molecule has 1 aromatic carbocycles. The van der Waals surface area contributed by atoms with Crippen LogP contribution in [0.2, 0.25) is 0 Å². The van der Waals surface area contributed by atoms with Gasteiger partial charge in [0.05, 0.1) is 18.2 Å². The van der Waals surface area contributed by atoms with Crippen LogP contribution >= 0.6 is 11.3 Å². The predicted octanol–water partition coefficient (Wildman–Crippen LogP) is 2.73. The van der Waals surface area contributed by atoms with E-state index in [0.29, 0.717) is 10.6 Å². The van der Waals surface area contributed by atoms with Crippen LogP contribution in [0.25, 0.3) is 10.1 Å². The summed E-state index contributed by atoms with van der Waals surface area (Å²) in [4.78, 5) is 15.0. The molecule has 1 aromatic heterocycles. The van der Waals surface area contributed by atoms with Gasteiger partial charge >= 0.3 is 0 Å². The maximum Gasteiger partial charge on any atom is 0.266 e. The van der Waals surface area contributed by atoms with Crippen molar-refractivity contribution in [2.75, 3.05) is 25.9 Å². The number of benzene rings is 1. The Balaban J connectivity index is 2.09. The van der Waals surface area contributed by atoms with Crippen molar-refractivity contribution < 1.29 is 9.53 Å². The molecule has 0 radical (unpaired) electrons. The van der Waals surface area contributed by atoms with E-state index in [1.807, 2.05) is 23.1 Å². The summed E-state index contributed by atoms with van der Waals surface area (Å²) in [6.07, 6.45) is 2.17. The molecule has 1 amide bonds. The first-order valence-corrected chi connectivity index (χ1v) is 7.18. The van der Waals surface area contributed by atoms with Gasteiger partial charge in [0.2, 0.25) is 0 Å². The minimum atomic E-state index is 0.0539. The number of fused-ring (bicyclic) bond motifs is 1. The smallest absolute Gasteiger partial charge is 0.266 e. The fraction of sp³-hybridized carbons (Fsp3) is 0.357. The third kappa shape index (κ3) is 1.94. The lowest BCUT2D eigenvalue weighted by Crippen LogP contribution is -2.27. The number of carbonyl (C=O) groups excluding carboxylic acids is 1. The molecule has 0 spiro atoms. The molecule has 19 heavy (non-hydrogen) atoms. The summed E-state index contributed by atoms with van der Waals surface area (Å²) in [5.41, 5.74) is 6.72. The van der Waals surface area contributed by atoms with Crippen LogP contribution in [0.3, 0.4) is 0 Å². The Kier molecular flexibility index (Phi) is 3.06. The lowest BCUT2D eigenvalue weighted by Gasteiger charge is -2.14. The molecule has 0 bridgehead atoms. The van der Waals surface area contributed by atoms with E-state index in [0.717, 1.165) is 41.8 Å². The quantitative estimate of drug-likeness (QED) is 0.917. The lowest BCUT2D eigenvalue weighted by atomic mass is 10.2. The molecule has 1 saturated heterocycles. The number of nitrogens with two attached hydrogens (primary N) is 1. The van der Waals surface area contributed by atoms with Gasteiger partial charge in [0.1, 0.15) is 10.6 Å². The Labute approximate surface area is 115 Å². The molecule has 2 N–H and O–H groups in total. The van der Waals surface area contributed by atoms with E-state index in [1.54, 1.807) is 7.11 Å². The minimum Gasteiger partial charge on any atom is -0.496 e. The largest absolute Gasteiger partial charge is 0.496 e. The van der Waals surface area contributed by atoms with Crippen molar-refractivity contribution in [2.45, 2.75) is 12.8 Å². The Bertz CT molecular complexity index is 630. The number of amides is 1. The third-order valence-electron chi connectivity index (χ3n) is 3.52. The van der Waals surface area contributed by atoms with Crippen LogP contribution in [0.5, 0.6) is 5.75 Å². The highest BCUT2D eigenvalue weighted by Gasteiger charge is 2.25. The van der Waals surface area contributed by atoms with Crippen LogP contribution in [0, 0.1) is 0 Å². The molecule has 1 aliphatic rings. The van der Waals surface area contributed by atoms with E-state index in [4.69, 9.17) is 10.5 Å². The summed E-state index contributed by atoms with van der Waals surface area (Å²) >= 11 is 1.45. The number of hydrogen-bond donors (Lipinski definition) is 1. The molecule has 0 saturated carbocycles. The number of methoxy groups -OCH3 is 1. The average molecular weight is 276 g/mol. The number of ether oxygens (including phenoxy) is 1. The summed E-state index contributed by atoms with van der Waals surface area (Å²) < 4.78 is 6.33. The molecule has 1 aliphatic heterocycles. The topological polar surface area (TPSA) is 55.6 Å². The zero-order chi connectivity index (χ0) is 13.4. The number of nitrogens with zero attached hydrogens (tertiary/aromatic N) is 1. The van der Waals surface area contributed by atoms with E-state index in [9.17, 15) is 4.79 Å². The molecule has 3 rings (SSSR count). The second-order valence-electron chi connectivity index (χ2n) is 4.68. The van der Waals surface area contributed by atoms with Crippen LogP contribution in [0.15, 0.2) is 18.2 Å². The average Bonchev–Trinajstić information content (AvgIpc) is 3.06. The number of anilines is 1. The van der Waals surface area contributed by atoms with Crippen LogP contribution < -0.4 is 10.5 Å². The predicted molar refractivity (Wildman–Crippen MR) is 77.9 cm³/mol. The summed E-state index contributed by atoms with van der Waals surface area (Å²) in [5, 5.41) is 0.859. The first-order chi connectivity index (χ1) is 9.22. The molecule has 0 aliphatic carbocycles. The van der Waals surface area contributed by atoms with E-state index >= 15 is 0 Å². The third-order valence-corrected chi connectivity index (χ3v) is 4.68. The summed E-state index contributed by atoms with van der Waals surface area (Å²) in [7, 11) is 1.62. The van der Waals surface area contributed by atoms with Gasteiger partial charge in [-0.15, -0.1) is 11.3 Å². The second kappa shape index (κ2) is 4.74.